The number of methoxy groups -OCH3 is 1. The number of piperidine rings is 1. The third-order valence-corrected chi connectivity index (χ3v) is 4.99. The number of carbonyl (C=O) groups is 1. The average molecular weight is 390 g/mol. The predicted octanol–water partition coefficient (Wildman–Crippen LogP) is 3.24. The van der Waals surface area contributed by atoms with Crippen LogP contribution >= 0.6 is 0 Å². The van der Waals surface area contributed by atoms with Gasteiger partial charge in [0.25, 0.3) is 0 Å². The van der Waals surface area contributed by atoms with Crippen LogP contribution in [-0.4, -0.2) is 49.8 Å². The number of aliphatic hydroxyl groups is 1. The molecular weight excluding hydrogens is 366 g/mol. The molecule has 1 aliphatic heterocycles. The molecule has 150 valence electrons. The van der Waals surface area contributed by atoms with E-state index in [4.69, 9.17) is 4.74 Å². The Morgan fingerprint density at radius 2 is 1.79 bits per heavy atom. The molecular formula is C21H24F2N2O3. The van der Waals surface area contributed by atoms with E-state index in [1.54, 1.807) is 29.2 Å². The summed E-state index contributed by atoms with van der Waals surface area (Å²) in [7, 11) is 1.51. The molecule has 0 amide bonds. The van der Waals surface area contributed by atoms with Gasteiger partial charge in [-0.2, -0.15) is 0 Å². The van der Waals surface area contributed by atoms with Gasteiger partial charge in [-0.05, 0) is 25.0 Å². The van der Waals surface area contributed by atoms with E-state index in [0.29, 0.717) is 31.5 Å². The highest BCUT2D eigenvalue weighted by Gasteiger charge is 2.34. The molecule has 7 heteroatoms. The highest BCUT2D eigenvalue weighted by atomic mass is 19.1. The molecule has 1 fully saturated rings. The second kappa shape index (κ2) is 8.67. The minimum atomic E-state index is -0.961. The maximum absolute atomic E-state index is 14.6. The monoisotopic (exact) mass is 390 g/mol. The first-order chi connectivity index (χ1) is 13.4. The number of rotatable bonds is 7. The Morgan fingerprint density at radius 3 is 2.36 bits per heavy atom. The molecule has 1 aliphatic rings. The minimum Gasteiger partial charge on any atom is -0.387 e. The maximum Gasteiger partial charge on any atom is 0.181 e. The van der Waals surface area contributed by atoms with E-state index in [1.165, 1.54) is 19.2 Å². The summed E-state index contributed by atoms with van der Waals surface area (Å²) in [5, 5.41) is 13.1. The number of nitrogens with zero attached hydrogens (tertiary/aromatic N) is 1. The van der Waals surface area contributed by atoms with E-state index in [-0.39, 0.29) is 30.3 Å². The number of hydrogen-bond acceptors (Lipinski definition) is 5. The fraction of sp³-hybridized carbons (Fsp3) is 0.381. The van der Waals surface area contributed by atoms with Crippen molar-refractivity contribution < 1.29 is 23.4 Å². The van der Waals surface area contributed by atoms with Crippen molar-refractivity contribution in [2.45, 2.75) is 18.4 Å². The van der Waals surface area contributed by atoms with Crippen molar-refractivity contribution in [3.05, 3.63) is 59.7 Å². The van der Waals surface area contributed by atoms with Crippen molar-refractivity contribution in [1.29, 1.82) is 0 Å². The van der Waals surface area contributed by atoms with Crippen LogP contribution in [0.15, 0.2) is 42.5 Å². The zero-order chi connectivity index (χ0) is 20.1. The van der Waals surface area contributed by atoms with Crippen LogP contribution in [0, 0.1) is 11.6 Å². The van der Waals surface area contributed by atoms with Crippen molar-refractivity contribution >= 4 is 17.2 Å². The van der Waals surface area contributed by atoms with Gasteiger partial charge < -0.3 is 20.1 Å². The number of halogens is 2. The van der Waals surface area contributed by atoms with Gasteiger partial charge in [-0.3, -0.25) is 4.79 Å². The van der Waals surface area contributed by atoms with Gasteiger partial charge in [-0.25, -0.2) is 8.78 Å². The molecule has 2 aromatic rings. The summed E-state index contributed by atoms with van der Waals surface area (Å²) in [4.78, 5) is 13.7. The van der Waals surface area contributed by atoms with E-state index in [1.807, 2.05) is 6.07 Å². The van der Waals surface area contributed by atoms with Gasteiger partial charge in [0.2, 0.25) is 0 Å². The molecule has 0 saturated carbocycles. The lowest BCUT2D eigenvalue weighted by atomic mass is 9.92. The fourth-order valence-electron chi connectivity index (χ4n) is 3.44. The number of hydrogen-bond donors (Lipinski definition) is 2. The smallest absolute Gasteiger partial charge is 0.181 e. The van der Waals surface area contributed by atoms with Gasteiger partial charge in [-0.15, -0.1) is 0 Å². The molecule has 0 spiro atoms. The molecule has 0 aromatic heterocycles. The van der Waals surface area contributed by atoms with Gasteiger partial charge in [-0.1, -0.05) is 30.3 Å². The summed E-state index contributed by atoms with van der Waals surface area (Å²) in [5.41, 5.74) is -0.336. The van der Waals surface area contributed by atoms with Crippen LogP contribution in [0.3, 0.4) is 0 Å². The van der Waals surface area contributed by atoms with Crippen LogP contribution in [0.1, 0.15) is 23.2 Å². The Labute approximate surface area is 162 Å². The normalized spacial score (nSPS) is 16.1. The summed E-state index contributed by atoms with van der Waals surface area (Å²) in [5.74, 6) is -1.57. The van der Waals surface area contributed by atoms with Crippen LogP contribution in [0.25, 0.3) is 0 Å². The highest BCUT2D eigenvalue weighted by Crippen LogP contribution is 2.32. The van der Waals surface area contributed by atoms with Gasteiger partial charge in [0.15, 0.2) is 17.4 Å². The molecule has 0 bridgehead atoms. The summed E-state index contributed by atoms with van der Waals surface area (Å²) in [6.45, 7) is 0.792. The summed E-state index contributed by atoms with van der Waals surface area (Å²) in [6, 6.07) is 11.1. The first-order valence-electron chi connectivity index (χ1n) is 9.19. The lowest BCUT2D eigenvalue weighted by molar-refractivity contribution is -0.0473. The lowest BCUT2D eigenvalue weighted by Gasteiger charge is -2.39. The van der Waals surface area contributed by atoms with Crippen LogP contribution in [0.5, 0.6) is 0 Å². The average Bonchev–Trinajstić information content (AvgIpc) is 2.68. The van der Waals surface area contributed by atoms with Crippen LogP contribution in [-0.2, 0) is 4.74 Å². The summed E-state index contributed by atoms with van der Waals surface area (Å²) in [6.07, 6.45) is 0.733. The molecule has 0 unspecified atom stereocenters. The number of nitrogens with one attached hydrogen (secondary N) is 1. The third-order valence-electron chi connectivity index (χ3n) is 4.99. The molecule has 28 heavy (non-hydrogen) atoms. The third kappa shape index (κ3) is 4.66. The first kappa shape index (κ1) is 20.2. The SMILES string of the molecule is COCC1(O)CCN(c2c(F)cc(NCC(=O)c3ccccc3)cc2F)CC1. The Morgan fingerprint density at radius 1 is 1.18 bits per heavy atom. The van der Waals surface area contributed by atoms with Crippen molar-refractivity contribution in [1.82, 2.24) is 0 Å². The number of benzene rings is 2. The molecule has 0 aliphatic carbocycles. The van der Waals surface area contributed by atoms with E-state index < -0.39 is 17.2 Å². The van der Waals surface area contributed by atoms with Crippen LogP contribution < -0.4 is 10.2 Å². The zero-order valence-electron chi connectivity index (χ0n) is 15.8. The zero-order valence-corrected chi connectivity index (χ0v) is 15.8. The highest BCUT2D eigenvalue weighted by molar-refractivity contribution is 5.98. The second-order valence-electron chi connectivity index (χ2n) is 7.08. The van der Waals surface area contributed by atoms with Gasteiger partial charge in [0, 0.05) is 31.5 Å². The molecule has 2 N–H and O–H groups in total. The Kier molecular flexibility index (Phi) is 6.26. The number of anilines is 2. The van der Waals surface area contributed by atoms with Gasteiger partial charge in [0.05, 0.1) is 18.8 Å². The number of ether oxygens (including phenoxy) is 1. The molecule has 3 rings (SSSR count). The molecule has 0 radical (unpaired) electrons. The van der Waals surface area contributed by atoms with E-state index in [9.17, 15) is 18.7 Å². The van der Waals surface area contributed by atoms with E-state index >= 15 is 0 Å². The Hall–Kier alpha value is -2.51. The largest absolute Gasteiger partial charge is 0.387 e. The van der Waals surface area contributed by atoms with Gasteiger partial charge in [0.1, 0.15) is 5.69 Å². The Bertz CT molecular complexity index is 799. The molecule has 0 atom stereocenters. The fourth-order valence-corrected chi connectivity index (χ4v) is 3.44. The van der Waals surface area contributed by atoms with Crippen LogP contribution in [0.4, 0.5) is 20.2 Å². The summed E-state index contributed by atoms with van der Waals surface area (Å²) >= 11 is 0. The number of carbonyl (C=O) groups excluding carboxylic acids is 1. The quantitative estimate of drug-likeness (QED) is 0.711. The van der Waals surface area contributed by atoms with Crippen molar-refractivity contribution in [3.8, 4) is 0 Å². The molecule has 1 saturated heterocycles. The molecule has 2 aromatic carbocycles. The van der Waals surface area contributed by atoms with Crippen molar-refractivity contribution in [2.75, 3.05) is 43.6 Å². The lowest BCUT2D eigenvalue weighted by Crippen LogP contribution is -2.47. The maximum atomic E-state index is 14.6. The Balaban J connectivity index is 1.66. The van der Waals surface area contributed by atoms with E-state index in [2.05, 4.69) is 5.32 Å². The molecule has 1 heterocycles. The summed E-state index contributed by atoms with van der Waals surface area (Å²) < 4.78 is 34.2. The van der Waals surface area contributed by atoms with Crippen molar-refractivity contribution in [3.63, 3.8) is 0 Å². The van der Waals surface area contributed by atoms with E-state index in [0.717, 1.165) is 0 Å². The van der Waals surface area contributed by atoms with Crippen LogP contribution in [0.2, 0.25) is 0 Å². The number of Topliss-reactive ketones (excluding diaryl/α,β-unsaturated/α-hetero) is 1. The first-order valence-corrected chi connectivity index (χ1v) is 9.19. The minimum absolute atomic E-state index is 0.0595. The topological polar surface area (TPSA) is 61.8 Å². The predicted molar refractivity (Wildman–Crippen MR) is 104 cm³/mol. The standard InChI is InChI=1S/C21H24F2N2O3/c1-28-14-21(27)7-9-25(10-8-21)20-17(22)11-16(12-18(20)23)24-13-19(26)15-5-3-2-4-6-15/h2-6,11-12,24,27H,7-10,13-14H2,1H3. The molecule has 5 nitrogen and oxygen atoms in total. The van der Waals surface area contributed by atoms with Crippen molar-refractivity contribution in [2.24, 2.45) is 0 Å². The number of ketones is 1. The second-order valence-corrected chi connectivity index (χ2v) is 7.08. The van der Waals surface area contributed by atoms with Gasteiger partial charge >= 0.3 is 0 Å².